The summed E-state index contributed by atoms with van der Waals surface area (Å²) in [5.41, 5.74) is 2.42. The van der Waals surface area contributed by atoms with Crippen LogP contribution in [0, 0.1) is 12.3 Å². The maximum atomic E-state index is 5.44. The Morgan fingerprint density at radius 2 is 2.22 bits per heavy atom. The summed E-state index contributed by atoms with van der Waals surface area (Å²) in [5, 5.41) is 3.42. The van der Waals surface area contributed by atoms with Gasteiger partial charge in [0.2, 0.25) is 0 Å². The van der Waals surface area contributed by atoms with E-state index in [1.807, 2.05) is 12.4 Å². The Morgan fingerprint density at radius 3 is 2.89 bits per heavy atom. The fourth-order valence-electron chi connectivity index (χ4n) is 1.91. The molecular weight excluding hydrogens is 222 g/mol. The number of nitrogens with zero attached hydrogens (tertiary/aromatic N) is 2. The number of pyridine rings is 1. The molecule has 0 atom stereocenters. The summed E-state index contributed by atoms with van der Waals surface area (Å²) >= 11 is 0. The van der Waals surface area contributed by atoms with Crippen molar-refractivity contribution in [1.29, 1.82) is 0 Å². The van der Waals surface area contributed by atoms with Gasteiger partial charge < -0.3 is 10.2 Å². The molecule has 1 rings (SSSR count). The minimum absolute atomic E-state index is 0.639. The predicted molar refractivity (Wildman–Crippen MR) is 77.6 cm³/mol. The summed E-state index contributed by atoms with van der Waals surface area (Å²) in [5.74, 6) is 2.72. The molecule has 98 valence electrons. The van der Waals surface area contributed by atoms with Gasteiger partial charge >= 0.3 is 0 Å². The van der Waals surface area contributed by atoms with E-state index in [1.54, 1.807) is 0 Å². The van der Waals surface area contributed by atoms with Crippen molar-refractivity contribution in [3.05, 3.63) is 24.0 Å². The Labute approximate surface area is 111 Å². The third kappa shape index (κ3) is 4.38. The lowest BCUT2D eigenvalue weighted by atomic mass is 10.2. The number of aromatic nitrogens is 1. The van der Waals surface area contributed by atoms with Gasteiger partial charge in [-0.3, -0.25) is 4.98 Å². The number of rotatable bonds is 8. The lowest BCUT2D eigenvalue weighted by molar-refractivity contribution is 0.672. The maximum absolute atomic E-state index is 5.44. The third-order valence-electron chi connectivity index (χ3n) is 2.75. The largest absolute Gasteiger partial charge is 0.359 e. The first-order valence-corrected chi connectivity index (χ1v) is 6.65. The molecule has 0 aliphatic heterocycles. The first kappa shape index (κ1) is 14.5. The van der Waals surface area contributed by atoms with Gasteiger partial charge in [-0.2, -0.15) is 0 Å². The van der Waals surface area contributed by atoms with Crippen LogP contribution in [0.15, 0.2) is 18.5 Å². The Bertz CT molecular complexity index is 382. The average molecular weight is 245 g/mol. The second kappa shape index (κ2) is 8.54. The molecular formula is C15H23N3. The Morgan fingerprint density at radius 1 is 1.39 bits per heavy atom. The molecule has 0 bridgehead atoms. The molecule has 0 amide bonds. The van der Waals surface area contributed by atoms with E-state index in [0.29, 0.717) is 6.54 Å². The first-order valence-electron chi connectivity index (χ1n) is 6.65. The van der Waals surface area contributed by atoms with Crippen molar-refractivity contribution in [2.45, 2.75) is 33.2 Å². The molecule has 0 saturated heterocycles. The van der Waals surface area contributed by atoms with E-state index < -0.39 is 0 Å². The summed E-state index contributed by atoms with van der Waals surface area (Å²) in [7, 11) is 0. The SMILES string of the molecule is C#CCN(CCC)c1cnccc1CNCCC. The van der Waals surface area contributed by atoms with Crippen LogP contribution in [0.5, 0.6) is 0 Å². The standard InChI is InChI=1S/C15H23N3/c1-4-8-16-12-14-7-9-17-13-15(14)18(10-5-2)11-6-3/h2,7,9,13,16H,4,6,8,10-12H2,1,3H3. The number of hydrogen-bond donors (Lipinski definition) is 1. The number of anilines is 1. The Balaban J connectivity index is 2.81. The zero-order chi connectivity index (χ0) is 13.2. The Hall–Kier alpha value is -1.53. The highest BCUT2D eigenvalue weighted by molar-refractivity contribution is 5.52. The first-order chi connectivity index (χ1) is 8.83. The van der Waals surface area contributed by atoms with Gasteiger partial charge in [0.25, 0.3) is 0 Å². The van der Waals surface area contributed by atoms with E-state index in [1.165, 1.54) is 5.56 Å². The van der Waals surface area contributed by atoms with Crippen LogP contribution in [0.2, 0.25) is 0 Å². The van der Waals surface area contributed by atoms with Crippen LogP contribution in [-0.4, -0.2) is 24.6 Å². The van der Waals surface area contributed by atoms with Gasteiger partial charge in [-0.25, -0.2) is 0 Å². The zero-order valence-electron chi connectivity index (χ0n) is 11.4. The summed E-state index contributed by atoms with van der Waals surface area (Å²) in [4.78, 5) is 6.44. The summed E-state index contributed by atoms with van der Waals surface area (Å²) in [6.45, 7) is 7.84. The van der Waals surface area contributed by atoms with Gasteiger partial charge in [0.05, 0.1) is 18.4 Å². The minimum Gasteiger partial charge on any atom is -0.359 e. The van der Waals surface area contributed by atoms with E-state index in [9.17, 15) is 0 Å². The van der Waals surface area contributed by atoms with Crippen LogP contribution < -0.4 is 10.2 Å². The van der Waals surface area contributed by atoms with Crippen molar-refractivity contribution in [2.75, 3.05) is 24.5 Å². The molecule has 0 saturated carbocycles. The molecule has 3 heteroatoms. The fraction of sp³-hybridized carbons (Fsp3) is 0.533. The lowest BCUT2D eigenvalue weighted by Gasteiger charge is -2.24. The van der Waals surface area contributed by atoms with Gasteiger partial charge in [0.15, 0.2) is 0 Å². The Kier molecular flexibility index (Phi) is 6.90. The maximum Gasteiger partial charge on any atom is 0.0792 e. The molecule has 1 aromatic heterocycles. The van der Waals surface area contributed by atoms with Gasteiger partial charge in [-0.05, 0) is 31.0 Å². The molecule has 0 fully saturated rings. The molecule has 0 aromatic carbocycles. The molecule has 0 radical (unpaired) electrons. The van der Waals surface area contributed by atoms with E-state index in [0.717, 1.165) is 38.2 Å². The summed E-state index contributed by atoms with van der Waals surface area (Å²) < 4.78 is 0. The molecule has 3 nitrogen and oxygen atoms in total. The van der Waals surface area contributed by atoms with Crippen molar-refractivity contribution in [3.8, 4) is 12.3 Å². The van der Waals surface area contributed by atoms with E-state index >= 15 is 0 Å². The lowest BCUT2D eigenvalue weighted by Crippen LogP contribution is -2.27. The number of terminal acetylenes is 1. The van der Waals surface area contributed by atoms with Crippen molar-refractivity contribution in [2.24, 2.45) is 0 Å². The average Bonchev–Trinajstić information content (AvgIpc) is 2.39. The van der Waals surface area contributed by atoms with Crippen LogP contribution in [-0.2, 0) is 6.54 Å². The zero-order valence-corrected chi connectivity index (χ0v) is 11.4. The highest BCUT2D eigenvalue weighted by Crippen LogP contribution is 2.19. The van der Waals surface area contributed by atoms with Crippen molar-refractivity contribution in [3.63, 3.8) is 0 Å². The second-order valence-corrected chi connectivity index (χ2v) is 4.31. The molecule has 18 heavy (non-hydrogen) atoms. The molecule has 1 N–H and O–H groups in total. The normalized spacial score (nSPS) is 10.1. The van der Waals surface area contributed by atoms with Crippen LogP contribution in [0.1, 0.15) is 32.3 Å². The van der Waals surface area contributed by atoms with Gasteiger partial charge in [0, 0.05) is 19.3 Å². The van der Waals surface area contributed by atoms with Crippen LogP contribution in [0.25, 0.3) is 0 Å². The van der Waals surface area contributed by atoms with Crippen LogP contribution in [0.4, 0.5) is 5.69 Å². The highest BCUT2D eigenvalue weighted by atomic mass is 15.1. The quantitative estimate of drug-likeness (QED) is 0.563. The van der Waals surface area contributed by atoms with Crippen LogP contribution >= 0.6 is 0 Å². The third-order valence-corrected chi connectivity index (χ3v) is 2.75. The molecule has 0 aliphatic carbocycles. The topological polar surface area (TPSA) is 28.2 Å². The van der Waals surface area contributed by atoms with Gasteiger partial charge in [-0.15, -0.1) is 6.42 Å². The number of hydrogen-bond acceptors (Lipinski definition) is 3. The second-order valence-electron chi connectivity index (χ2n) is 4.31. The summed E-state index contributed by atoms with van der Waals surface area (Å²) in [6.07, 6.45) is 11.4. The number of nitrogens with one attached hydrogen (secondary N) is 1. The van der Waals surface area contributed by atoms with Crippen molar-refractivity contribution < 1.29 is 0 Å². The van der Waals surface area contributed by atoms with Gasteiger partial charge in [-0.1, -0.05) is 19.8 Å². The van der Waals surface area contributed by atoms with Crippen molar-refractivity contribution >= 4 is 5.69 Å². The highest BCUT2D eigenvalue weighted by Gasteiger charge is 2.09. The van der Waals surface area contributed by atoms with Crippen molar-refractivity contribution in [1.82, 2.24) is 10.3 Å². The summed E-state index contributed by atoms with van der Waals surface area (Å²) in [6, 6.07) is 2.07. The monoisotopic (exact) mass is 245 g/mol. The van der Waals surface area contributed by atoms with E-state index in [-0.39, 0.29) is 0 Å². The fourth-order valence-corrected chi connectivity index (χ4v) is 1.91. The van der Waals surface area contributed by atoms with Crippen LogP contribution in [0.3, 0.4) is 0 Å². The van der Waals surface area contributed by atoms with E-state index in [2.05, 4.69) is 41.0 Å². The molecule has 0 unspecified atom stereocenters. The smallest absolute Gasteiger partial charge is 0.0792 e. The molecule has 1 aromatic rings. The molecule has 1 heterocycles. The van der Waals surface area contributed by atoms with E-state index in [4.69, 9.17) is 6.42 Å². The van der Waals surface area contributed by atoms with Gasteiger partial charge in [0.1, 0.15) is 0 Å². The minimum atomic E-state index is 0.639. The predicted octanol–water partition coefficient (Wildman–Crippen LogP) is 2.43. The molecule has 0 spiro atoms. The molecule has 0 aliphatic rings.